The van der Waals surface area contributed by atoms with E-state index < -0.39 is 0 Å². The van der Waals surface area contributed by atoms with Gasteiger partial charge >= 0.3 is 0 Å². The lowest BCUT2D eigenvalue weighted by Crippen LogP contribution is -2.19. The average molecular weight is 246 g/mol. The molecule has 2 aromatic heterocycles. The third-order valence-electron chi connectivity index (χ3n) is 3.26. The van der Waals surface area contributed by atoms with E-state index in [2.05, 4.69) is 29.2 Å². The van der Waals surface area contributed by atoms with Crippen LogP contribution in [0.2, 0.25) is 0 Å². The molecule has 1 N–H and O–H groups in total. The van der Waals surface area contributed by atoms with E-state index in [9.17, 15) is 0 Å². The van der Waals surface area contributed by atoms with Crippen LogP contribution in [-0.2, 0) is 4.74 Å². The summed E-state index contributed by atoms with van der Waals surface area (Å²) in [4.78, 5) is 4.36. The number of anilines is 1. The molecular formula is C13H18N4O. The predicted molar refractivity (Wildman–Crippen MR) is 70.8 cm³/mol. The second kappa shape index (κ2) is 4.57. The van der Waals surface area contributed by atoms with E-state index in [0.717, 1.165) is 36.4 Å². The van der Waals surface area contributed by atoms with Gasteiger partial charge in [-0.2, -0.15) is 5.10 Å². The highest BCUT2D eigenvalue weighted by molar-refractivity contribution is 5.87. The molecule has 1 saturated heterocycles. The third kappa shape index (κ3) is 1.95. The van der Waals surface area contributed by atoms with Crippen LogP contribution in [0.25, 0.3) is 11.0 Å². The number of nitrogens with one attached hydrogen (secondary N) is 1. The molecule has 1 fully saturated rings. The van der Waals surface area contributed by atoms with Gasteiger partial charge in [-0.25, -0.2) is 0 Å². The summed E-state index contributed by atoms with van der Waals surface area (Å²) in [5.74, 6) is 0. The Labute approximate surface area is 106 Å². The first-order valence-corrected chi connectivity index (χ1v) is 6.42. The molecule has 0 saturated carbocycles. The molecule has 18 heavy (non-hydrogen) atoms. The topological polar surface area (TPSA) is 52.0 Å². The zero-order chi connectivity index (χ0) is 12.5. The molecule has 0 amide bonds. The van der Waals surface area contributed by atoms with Crippen molar-refractivity contribution in [1.82, 2.24) is 14.8 Å². The Morgan fingerprint density at radius 2 is 2.39 bits per heavy atom. The van der Waals surface area contributed by atoms with Crippen molar-refractivity contribution in [1.29, 1.82) is 0 Å². The number of ether oxygens (including phenoxy) is 1. The molecule has 5 heteroatoms. The predicted octanol–water partition coefficient (Wildman–Crippen LogP) is 2.21. The maximum Gasteiger partial charge on any atom is 0.110 e. The summed E-state index contributed by atoms with van der Waals surface area (Å²) in [6.45, 7) is 5.87. The normalized spacial score (nSPS) is 19.8. The van der Waals surface area contributed by atoms with Gasteiger partial charge in [0.15, 0.2) is 0 Å². The summed E-state index contributed by atoms with van der Waals surface area (Å²) < 4.78 is 7.41. The lowest BCUT2D eigenvalue weighted by atomic mass is 10.2. The minimum absolute atomic E-state index is 0.326. The van der Waals surface area contributed by atoms with Crippen LogP contribution in [-0.4, -0.2) is 34.0 Å². The SMILES string of the molecule is CC(C)n1ncc2nccc(NC3CCOC3)c21. The highest BCUT2D eigenvalue weighted by Crippen LogP contribution is 2.25. The second-order valence-electron chi connectivity index (χ2n) is 4.98. The maximum atomic E-state index is 5.40. The van der Waals surface area contributed by atoms with E-state index in [-0.39, 0.29) is 0 Å². The molecule has 0 radical (unpaired) electrons. The van der Waals surface area contributed by atoms with Crippen molar-refractivity contribution in [3.8, 4) is 0 Å². The van der Waals surface area contributed by atoms with E-state index in [1.54, 1.807) is 0 Å². The summed E-state index contributed by atoms with van der Waals surface area (Å²) in [6, 6.07) is 2.74. The molecule has 3 heterocycles. The summed E-state index contributed by atoms with van der Waals surface area (Å²) in [7, 11) is 0. The molecule has 1 unspecified atom stereocenters. The monoisotopic (exact) mass is 246 g/mol. The van der Waals surface area contributed by atoms with Gasteiger partial charge in [-0.1, -0.05) is 0 Å². The molecule has 0 aromatic carbocycles. The lowest BCUT2D eigenvalue weighted by molar-refractivity contribution is 0.195. The van der Waals surface area contributed by atoms with Crippen molar-refractivity contribution in [3.05, 3.63) is 18.5 Å². The molecule has 0 aliphatic carbocycles. The molecule has 2 aromatic rings. The number of pyridine rings is 1. The number of nitrogens with zero attached hydrogens (tertiary/aromatic N) is 3. The van der Waals surface area contributed by atoms with Gasteiger partial charge in [-0.05, 0) is 26.3 Å². The largest absolute Gasteiger partial charge is 0.379 e. The second-order valence-corrected chi connectivity index (χ2v) is 4.98. The Morgan fingerprint density at radius 1 is 1.50 bits per heavy atom. The van der Waals surface area contributed by atoms with Gasteiger partial charge in [0.1, 0.15) is 11.0 Å². The molecule has 3 rings (SSSR count). The van der Waals surface area contributed by atoms with Crippen LogP contribution < -0.4 is 5.32 Å². The number of hydrogen-bond donors (Lipinski definition) is 1. The number of fused-ring (bicyclic) bond motifs is 1. The number of aromatic nitrogens is 3. The van der Waals surface area contributed by atoms with Gasteiger partial charge in [-0.3, -0.25) is 9.67 Å². The Kier molecular flexibility index (Phi) is 2.91. The van der Waals surface area contributed by atoms with Crippen LogP contribution in [0, 0.1) is 0 Å². The zero-order valence-electron chi connectivity index (χ0n) is 10.8. The molecule has 0 spiro atoms. The summed E-state index contributed by atoms with van der Waals surface area (Å²) in [6.07, 6.45) is 4.71. The van der Waals surface area contributed by atoms with Crippen LogP contribution in [0.5, 0.6) is 0 Å². The van der Waals surface area contributed by atoms with Gasteiger partial charge < -0.3 is 10.1 Å². The summed E-state index contributed by atoms with van der Waals surface area (Å²) >= 11 is 0. The van der Waals surface area contributed by atoms with Gasteiger partial charge in [0, 0.05) is 18.8 Å². The van der Waals surface area contributed by atoms with Crippen LogP contribution >= 0.6 is 0 Å². The molecule has 5 nitrogen and oxygen atoms in total. The first-order valence-electron chi connectivity index (χ1n) is 6.42. The maximum absolute atomic E-state index is 5.40. The highest BCUT2D eigenvalue weighted by atomic mass is 16.5. The molecule has 0 bridgehead atoms. The fraction of sp³-hybridized carbons (Fsp3) is 0.538. The Hall–Kier alpha value is -1.62. The van der Waals surface area contributed by atoms with Crippen molar-refractivity contribution in [2.24, 2.45) is 0 Å². The minimum Gasteiger partial charge on any atom is -0.379 e. The fourth-order valence-electron chi connectivity index (χ4n) is 2.36. The van der Waals surface area contributed by atoms with Gasteiger partial charge in [0.25, 0.3) is 0 Å². The first kappa shape index (κ1) is 11.5. The molecule has 96 valence electrons. The molecule has 1 aliphatic heterocycles. The summed E-state index contributed by atoms with van der Waals surface area (Å²) in [5.41, 5.74) is 3.12. The highest BCUT2D eigenvalue weighted by Gasteiger charge is 2.18. The van der Waals surface area contributed by atoms with Gasteiger partial charge in [0.2, 0.25) is 0 Å². The smallest absolute Gasteiger partial charge is 0.110 e. The van der Waals surface area contributed by atoms with E-state index >= 15 is 0 Å². The van der Waals surface area contributed by atoms with E-state index in [1.165, 1.54) is 0 Å². The van der Waals surface area contributed by atoms with E-state index in [0.29, 0.717) is 12.1 Å². The minimum atomic E-state index is 0.326. The molecule has 1 atom stereocenters. The van der Waals surface area contributed by atoms with Crippen LogP contribution in [0.15, 0.2) is 18.5 Å². The summed E-state index contributed by atoms with van der Waals surface area (Å²) in [5, 5.41) is 7.95. The third-order valence-corrected chi connectivity index (χ3v) is 3.26. The molecule has 1 aliphatic rings. The standard InChI is InChI=1S/C13H18N4O/c1-9(2)17-13-11(16-10-4-6-18-8-10)3-5-14-12(13)7-15-17/h3,5,7,9-10H,4,6,8H2,1-2H3,(H,14,16). The van der Waals surface area contributed by atoms with Crippen LogP contribution in [0.4, 0.5) is 5.69 Å². The van der Waals surface area contributed by atoms with Gasteiger partial charge in [0.05, 0.1) is 24.5 Å². The Balaban J connectivity index is 2.01. The Morgan fingerprint density at radius 3 is 3.11 bits per heavy atom. The quantitative estimate of drug-likeness (QED) is 0.902. The van der Waals surface area contributed by atoms with Crippen molar-refractivity contribution in [2.75, 3.05) is 18.5 Å². The van der Waals surface area contributed by atoms with Crippen molar-refractivity contribution >= 4 is 16.7 Å². The van der Waals surface area contributed by atoms with Crippen LogP contribution in [0.3, 0.4) is 0 Å². The average Bonchev–Trinajstić information content (AvgIpc) is 2.97. The van der Waals surface area contributed by atoms with Crippen LogP contribution in [0.1, 0.15) is 26.3 Å². The lowest BCUT2D eigenvalue weighted by Gasteiger charge is -2.15. The molecular weight excluding hydrogens is 228 g/mol. The first-order chi connectivity index (χ1) is 8.75. The fourth-order valence-corrected chi connectivity index (χ4v) is 2.36. The zero-order valence-corrected chi connectivity index (χ0v) is 10.8. The number of rotatable bonds is 3. The van der Waals surface area contributed by atoms with Gasteiger partial charge in [-0.15, -0.1) is 0 Å². The van der Waals surface area contributed by atoms with Crippen molar-refractivity contribution in [2.45, 2.75) is 32.4 Å². The van der Waals surface area contributed by atoms with Crippen molar-refractivity contribution in [3.63, 3.8) is 0 Å². The van der Waals surface area contributed by atoms with E-state index in [1.807, 2.05) is 23.1 Å². The van der Waals surface area contributed by atoms with E-state index in [4.69, 9.17) is 4.74 Å². The number of hydrogen-bond acceptors (Lipinski definition) is 4. The van der Waals surface area contributed by atoms with Crippen molar-refractivity contribution < 1.29 is 4.74 Å². The Bertz CT molecular complexity index is 543.